The number of hydrogen-bond donors (Lipinski definition) is 0. The molecule has 0 aromatic heterocycles. The van der Waals surface area contributed by atoms with Crippen molar-refractivity contribution in [2.24, 2.45) is 0 Å². The molecule has 0 aliphatic carbocycles. The minimum absolute atomic E-state index is 1.92. The highest BCUT2D eigenvalue weighted by Crippen LogP contribution is 2.07. The lowest BCUT2D eigenvalue weighted by Crippen LogP contribution is -2.02. The molecule has 0 unspecified atom stereocenters. The molecule has 0 amide bonds. The SMILES string of the molecule is C[O+](C)C.C[O+](C)C.C[O+](C)C.F[B-](F)(F)F.F[B-](F)(F)F.F[B-](F)(F)F. The van der Waals surface area contributed by atoms with Gasteiger partial charge in [-0.15, -0.1) is 0 Å². The summed E-state index contributed by atoms with van der Waals surface area (Å²) in [5.74, 6) is 0. The number of rotatable bonds is 0. The number of halogens is 12. The molecule has 0 fully saturated rings. The summed E-state index contributed by atoms with van der Waals surface area (Å²) in [5, 5.41) is 0. The fraction of sp³-hybridized carbons (Fsp3) is 1.00. The first-order valence-electron chi connectivity index (χ1n) is 6.29. The normalized spacial score (nSPS) is 10.7. The second-order valence-electron chi connectivity index (χ2n) is 5.16. The Labute approximate surface area is 152 Å². The molecule has 0 aromatic rings. The van der Waals surface area contributed by atoms with Gasteiger partial charge in [0.15, 0.2) is 0 Å². The van der Waals surface area contributed by atoms with Gasteiger partial charge in [0.05, 0.1) is 0 Å². The molecule has 0 aliphatic rings. The summed E-state index contributed by atoms with van der Waals surface area (Å²) < 4.78 is 125. The van der Waals surface area contributed by atoms with E-state index in [2.05, 4.69) is 13.1 Å². The van der Waals surface area contributed by atoms with Crippen LogP contribution in [-0.2, 0) is 13.1 Å². The Kier molecular flexibility index (Phi) is 32.5. The molecule has 174 valence electrons. The summed E-state index contributed by atoms with van der Waals surface area (Å²) in [6, 6.07) is 0. The summed E-state index contributed by atoms with van der Waals surface area (Å²) in [4.78, 5) is 0. The molecule has 0 spiro atoms. The van der Waals surface area contributed by atoms with Crippen LogP contribution in [0, 0.1) is 0 Å². The van der Waals surface area contributed by atoms with Gasteiger partial charge in [-0.1, -0.05) is 0 Å². The molecule has 3 nitrogen and oxygen atoms in total. The molecule has 0 radical (unpaired) electrons. The van der Waals surface area contributed by atoms with Crippen molar-refractivity contribution in [2.75, 3.05) is 64.0 Å². The topological polar surface area (TPSA) is 8.10 Å². The highest BCUT2D eigenvalue weighted by Gasteiger charge is 2.21. The van der Waals surface area contributed by atoms with Crippen LogP contribution in [0.5, 0.6) is 0 Å². The first-order chi connectivity index (χ1) is 11.2. The zero-order chi connectivity index (χ0) is 24.2. The molecule has 0 aromatic carbocycles. The van der Waals surface area contributed by atoms with Crippen LogP contribution in [-0.4, -0.2) is 85.8 Å². The third-order valence-corrected chi connectivity index (χ3v) is 0. The fourth-order valence-corrected chi connectivity index (χ4v) is 0. The molecule has 0 saturated heterocycles. The van der Waals surface area contributed by atoms with Crippen LogP contribution in [0.15, 0.2) is 0 Å². The fourth-order valence-electron chi connectivity index (χ4n) is 0. The van der Waals surface area contributed by atoms with E-state index in [0.717, 1.165) is 0 Å². The second kappa shape index (κ2) is 21.5. The summed E-state index contributed by atoms with van der Waals surface area (Å²) in [6.45, 7) is 0. The molecule has 0 rings (SSSR count). The van der Waals surface area contributed by atoms with Crippen molar-refractivity contribution >= 4 is 21.8 Å². The van der Waals surface area contributed by atoms with Crippen molar-refractivity contribution < 1.29 is 64.9 Å². The van der Waals surface area contributed by atoms with Crippen LogP contribution in [0.25, 0.3) is 0 Å². The summed E-state index contributed by atoms with van der Waals surface area (Å²) in [7, 11) is -0.750. The maximum absolute atomic E-state index is 9.75. The van der Waals surface area contributed by atoms with E-state index in [0.29, 0.717) is 0 Å². The Morgan fingerprint density at radius 2 is 0.296 bits per heavy atom. The molecule has 0 heterocycles. The average Bonchev–Trinajstić information content (AvgIpc) is 2.01. The van der Waals surface area contributed by atoms with Crippen LogP contribution in [0.4, 0.5) is 51.8 Å². The zero-order valence-electron chi connectivity index (χ0n) is 16.5. The van der Waals surface area contributed by atoms with Crippen LogP contribution in [0.2, 0.25) is 0 Å². The van der Waals surface area contributed by atoms with E-state index in [-0.39, 0.29) is 0 Å². The van der Waals surface area contributed by atoms with Crippen molar-refractivity contribution in [3.63, 3.8) is 0 Å². The van der Waals surface area contributed by atoms with Gasteiger partial charge < -0.3 is 64.9 Å². The van der Waals surface area contributed by atoms with Gasteiger partial charge in [-0.25, -0.2) is 0 Å². The van der Waals surface area contributed by atoms with Gasteiger partial charge in [-0.05, 0) is 0 Å². The van der Waals surface area contributed by atoms with Gasteiger partial charge >= 0.3 is 21.8 Å². The van der Waals surface area contributed by atoms with Gasteiger partial charge in [0.2, 0.25) is 0 Å². The van der Waals surface area contributed by atoms with E-state index in [1.165, 1.54) is 0 Å². The van der Waals surface area contributed by atoms with Crippen molar-refractivity contribution in [3.8, 4) is 0 Å². The lowest BCUT2D eigenvalue weighted by molar-refractivity contribution is -0.00282. The van der Waals surface area contributed by atoms with Crippen LogP contribution < -0.4 is 0 Å². The third kappa shape index (κ3) is 23300. The van der Waals surface area contributed by atoms with Crippen molar-refractivity contribution in [1.82, 2.24) is 0 Å². The largest absolute Gasteiger partial charge is 0.673 e. The Balaban J connectivity index is -0.0000000492. The maximum Gasteiger partial charge on any atom is 0.673 e. The van der Waals surface area contributed by atoms with Gasteiger partial charge in [0.25, 0.3) is 0 Å². The Morgan fingerprint density at radius 1 is 0.296 bits per heavy atom. The first-order valence-corrected chi connectivity index (χ1v) is 6.29. The zero-order valence-corrected chi connectivity index (χ0v) is 16.5. The molecule has 0 N–H and O–H groups in total. The Bertz CT molecular complexity index is 200. The predicted octanol–water partition coefficient (Wildman–Crippen LogP) is 5.18. The quantitative estimate of drug-likeness (QED) is 0.277. The minimum Gasteiger partial charge on any atom is -0.429 e. The van der Waals surface area contributed by atoms with Gasteiger partial charge in [0, 0.05) is 0 Å². The van der Waals surface area contributed by atoms with Gasteiger partial charge in [-0.3, -0.25) is 0 Å². The second-order valence-corrected chi connectivity index (χ2v) is 5.16. The van der Waals surface area contributed by atoms with Crippen LogP contribution in [0.3, 0.4) is 0 Å². The van der Waals surface area contributed by atoms with Crippen LogP contribution >= 0.6 is 0 Å². The van der Waals surface area contributed by atoms with Gasteiger partial charge in [0.1, 0.15) is 64.0 Å². The molecule has 0 saturated carbocycles. The van der Waals surface area contributed by atoms with E-state index in [9.17, 15) is 51.8 Å². The molecule has 0 bridgehead atoms. The lowest BCUT2D eigenvalue weighted by Gasteiger charge is -1.94. The minimum atomic E-state index is -6.00. The van der Waals surface area contributed by atoms with E-state index < -0.39 is 21.8 Å². The summed E-state index contributed by atoms with van der Waals surface area (Å²) >= 11 is 0. The van der Waals surface area contributed by atoms with Crippen molar-refractivity contribution in [2.45, 2.75) is 0 Å². The lowest BCUT2D eigenvalue weighted by atomic mass is 10.3. The Morgan fingerprint density at radius 3 is 0.296 bits per heavy atom. The molecule has 18 heteroatoms. The van der Waals surface area contributed by atoms with E-state index in [1.807, 2.05) is 64.0 Å². The monoisotopic (exact) mass is 444 g/mol. The molecule has 27 heavy (non-hydrogen) atoms. The van der Waals surface area contributed by atoms with Crippen molar-refractivity contribution in [1.29, 1.82) is 0 Å². The van der Waals surface area contributed by atoms with E-state index in [4.69, 9.17) is 0 Å². The smallest absolute Gasteiger partial charge is 0.429 e. The highest BCUT2D eigenvalue weighted by molar-refractivity contribution is 6.50. The highest BCUT2D eigenvalue weighted by atomic mass is 19.5. The summed E-state index contributed by atoms with van der Waals surface area (Å²) in [6.07, 6.45) is 0. The average molecular weight is 444 g/mol. The predicted molar refractivity (Wildman–Crippen MR) is 87.1 cm³/mol. The standard InChI is InChI=1S/3C3H9O.3BF4/c3*1-4(2)3;3*2-1(3,4)5/h3*1-3H3;;;/q3*+1;3*-1. The summed E-state index contributed by atoms with van der Waals surface area (Å²) in [5.41, 5.74) is 0. The molecule has 0 aliphatic heterocycles. The Hall–Kier alpha value is -0.765. The third-order valence-electron chi connectivity index (χ3n) is 0. The number of hydrogen-bond acceptors (Lipinski definition) is 0. The van der Waals surface area contributed by atoms with E-state index in [1.54, 1.807) is 0 Å². The van der Waals surface area contributed by atoms with Crippen LogP contribution in [0.1, 0.15) is 0 Å². The van der Waals surface area contributed by atoms with E-state index >= 15 is 0 Å². The first kappa shape index (κ1) is 40.8. The van der Waals surface area contributed by atoms with Crippen molar-refractivity contribution in [3.05, 3.63) is 0 Å². The molecular weight excluding hydrogens is 417 g/mol. The molecular formula is C9H27B3F12O3. The molecule has 0 atom stereocenters. The maximum atomic E-state index is 9.75. The van der Waals surface area contributed by atoms with Gasteiger partial charge in [-0.2, -0.15) is 0 Å².